The Bertz CT molecular complexity index is 540. The van der Waals surface area contributed by atoms with Gasteiger partial charge in [-0.2, -0.15) is 13.2 Å². The molecule has 0 heterocycles. The summed E-state index contributed by atoms with van der Waals surface area (Å²) < 4.78 is 36.0. The highest BCUT2D eigenvalue weighted by Gasteiger charge is 2.39. The number of halogens is 3. The van der Waals surface area contributed by atoms with Crippen molar-refractivity contribution in [2.45, 2.75) is 19.5 Å². The van der Waals surface area contributed by atoms with Crippen LogP contribution in [0.5, 0.6) is 0 Å². The summed E-state index contributed by atoms with van der Waals surface area (Å²) >= 11 is 0. The number of benzene rings is 1. The molecule has 0 saturated heterocycles. The quantitative estimate of drug-likeness (QED) is 0.898. The van der Waals surface area contributed by atoms with Crippen LogP contribution in [0, 0.1) is 11.8 Å². The minimum atomic E-state index is -4.44. The van der Waals surface area contributed by atoms with Crippen LogP contribution >= 0.6 is 0 Å². The van der Waals surface area contributed by atoms with Gasteiger partial charge in [0.15, 0.2) is 0 Å². The predicted molar refractivity (Wildman–Crippen MR) is 70.7 cm³/mol. The van der Waals surface area contributed by atoms with E-state index in [9.17, 15) is 22.8 Å². The highest BCUT2D eigenvalue weighted by Crippen LogP contribution is 2.38. The summed E-state index contributed by atoms with van der Waals surface area (Å²) in [5.74, 6) is -0.463. The summed E-state index contributed by atoms with van der Waals surface area (Å²) in [5, 5.41) is 4.49. The first-order valence-electron chi connectivity index (χ1n) is 6.52. The van der Waals surface area contributed by atoms with Crippen LogP contribution in [0.3, 0.4) is 0 Å². The first kappa shape index (κ1) is 15.3. The first-order valence-corrected chi connectivity index (χ1v) is 6.52. The van der Waals surface area contributed by atoms with Gasteiger partial charge in [-0.05, 0) is 36.6 Å². The fourth-order valence-corrected chi connectivity index (χ4v) is 1.91. The summed E-state index contributed by atoms with van der Waals surface area (Å²) in [6.45, 7) is 0.613. The van der Waals surface area contributed by atoms with Crippen LogP contribution in [0.2, 0.25) is 0 Å². The second-order valence-electron chi connectivity index (χ2n) is 5.18. The number of hydrogen-bond acceptors (Lipinski definition) is 2. The lowest BCUT2D eigenvalue weighted by Gasteiger charge is -2.09. The van der Waals surface area contributed by atoms with Crippen molar-refractivity contribution >= 4 is 17.5 Å². The van der Waals surface area contributed by atoms with Gasteiger partial charge in [0, 0.05) is 17.2 Å². The summed E-state index contributed by atoms with van der Waals surface area (Å²) in [4.78, 5) is 23.2. The SMILES string of the molecule is CC1CC1C(=O)Nc1ccc(C(=O)NCC(F)(F)F)cc1. The molecule has 2 atom stereocenters. The normalized spacial score (nSPS) is 20.8. The summed E-state index contributed by atoms with van der Waals surface area (Å²) in [7, 11) is 0. The van der Waals surface area contributed by atoms with Gasteiger partial charge < -0.3 is 10.6 Å². The maximum Gasteiger partial charge on any atom is 0.405 e. The van der Waals surface area contributed by atoms with Crippen molar-refractivity contribution in [2.24, 2.45) is 11.8 Å². The number of nitrogens with one attached hydrogen (secondary N) is 2. The Hall–Kier alpha value is -2.05. The van der Waals surface area contributed by atoms with Gasteiger partial charge >= 0.3 is 6.18 Å². The summed E-state index contributed by atoms with van der Waals surface area (Å²) in [5.41, 5.74) is 0.628. The molecule has 1 aromatic rings. The molecule has 4 nitrogen and oxygen atoms in total. The topological polar surface area (TPSA) is 58.2 Å². The molecule has 1 fully saturated rings. The molecular weight excluding hydrogens is 285 g/mol. The summed E-state index contributed by atoms with van der Waals surface area (Å²) in [6.07, 6.45) is -3.58. The minimum absolute atomic E-state index is 0.0276. The van der Waals surface area contributed by atoms with E-state index in [0.29, 0.717) is 11.6 Å². The average molecular weight is 300 g/mol. The third-order valence-corrected chi connectivity index (χ3v) is 3.31. The number of amides is 2. The maximum atomic E-state index is 12.0. The third kappa shape index (κ3) is 4.47. The van der Waals surface area contributed by atoms with Crippen LogP contribution in [0.1, 0.15) is 23.7 Å². The van der Waals surface area contributed by atoms with E-state index in [0.717, 1.165) is 6.42 Å². The van der Waals surface area contributed by atoms with Crippen LogP contribution in [0.15, 0.2) is 24.3 Å². The van der Waals surface area contributed by atoms with Crippen molar-refractivity contribution in [3.63, 3.8) is 0 Å². The van der Waals surface area contributed by atoms with Gasteiger partial charge in [-0.1, -0.05) is 6.92 Å². The van der Waals surface area contributed by atoms with E-state index in [1.165, 1.54) is 24.3 Å². The van der Waals surface area contributed by atoms with E-state index >= 15 is 0 Å². The molecule has 114 valence electrons. The van der Waals surface area contributed by atoms with Gasteiger partial charge in [0.05, 0.1) is 0 Å². The standard InChI is InChI=1S/C14H15F3N2O2/c1-8-6-11(8)13(21)19-10-4-2-9(3-5-10)12(20)18-7-14(15,16)17/h2-5,8,11H,6-7H2,1H3,(H,18,20)(H,19,21). The van der Waals surface area contributed by atoms with Gasteiger partial charge in [0.1, 0.15) is 6.54 Å². The molecule has 0 aliphatic heterocycles. The van der Waals surface area contributed by atoms with Gasteiger partial charge in [-0.15, -0.1) is 0 Å². The molecule has 7 heteroatoms. The Labute approximate surface area is 119 Å². The first-order chi connectivity index (χ1) is 9.76. The third-order valence-electron chi connectivity index (χ3n) is 3.31. The van der Waals surface area contributed by atoms with Crippen LogP contribution in [0.4, 0.5) is 18.9 Å². The van der Waals surface area contributed by atoms with E-state index in [4.69, 9.17) is 0 Å². The molecule has 0 aromatic heterocycles. The monoisotopic (exact) mass is 300 g/mol. The lowest BCUT2D eigenvalue weighted by molar-refractivity contribution is -0.123. The minimum Gasteiger partial charge on any atom is -0.343 e. The highest BCUT2D eigenvalue weighted by atomic mass is 19.4. The molecule has 21 heavy (non-hydrogen) atoms. The van der Waals surface area contributed by atoms with Gasteiger partial charge in [-0.3, -0.25) is 9.59 Å². The van der Waals surface area contributed by atoms with Crippen LogP contribution in [-0.4, -0.2) is 24.5 Å². The van der Waals surface area contributed by atoms with Crippen molar-refractivity contribution in [2.75, 3.05) is 11.9 Å². The smallest absolute Gasteiger partial charge is 0.343 e. The molecule has 0 radical (unpaired) electrons. The van der Waals surface area contributed by atoms with Gasteiger partial charge in [-0.25, -0.2) is 0 Å². The molecule has 1 saturated carbocycles. The van der Waals surface area contributed by atoms with Crippen molar-refractivity contribution in [1.82, 2.24) is 5.32 Å². The van der Waals surface area contributed by atoms with E-state index in [1.54, 1.807) is 5.32 Å². The molecule has 2 rings (SSSR count). The molecule has 2 N–H and O–H groups in total. The lowest BCUT2D eigenvalue weighted by atomic mass is 10.2. The Morgan fingerprint density at radius 3 is 2.29 bits per heavy atom. The second-order valence-corrected chi connectivity index (χ2v) is 5.18. The fraction of sp³-hybridized carbons (Fsp3) is 0.429. The fourth-order valence-electron chi connectivity index (χ4n) is 1.91. The number of carbonyl (C=O) groups is 2. The summed E-state index contributed by atoms with van der Waals surface area (Å²) in [6, 6.07) is 5.73. The van der Waals surface area contributed by atoms with Crippen molar-refractivity contribution in [3.8, 4) is 0 Å². The van der Waals surface area contributed by atoms with Crippen molar-refractivity contribution < 1.29 is 22.8 Å². The van der Waals surface area contributed by atoms with E-state index < -0.39 is 18.6 Å². The average Bonchev–Trinajstić information content (AvgIpc) is 3.13. The lowest BCUT2D eigenvalue weighted by Crippen LogP contribution is -2.33. The molecule has 1 aliphatic carbocycles. The maximum absolute atomic E-state index is 12.0. The van der Waals surface area contributed by atoms with E-state index in [1.807, 2.05) is 6.92 Å². The van der Waals surface area contributed by atoms with Crippen molar-refractivity contribution in [3.05, 3.63) is 29.8 Å². The number of alkyl halides is 3. The molecular formula is C14H15F3N2O2. The molecule has 1 aliphatic rings. The zero-order valence-electron chi connectivity index (χ0n) is 11.3. The van der Waals surface area contributed by atoms with Crippen LogP contribution < -0.4 is 10.6 Å². The largest absolute Gasteiger partial charge is 0.405 e. The second kappa shape index (κ2) is 5.75. The Balaban J connectivity index is 1.89. The number of carbonyl (C=O) groups excluding carboxylic acids is 2. The van der Waals surface area contributed by atoms with Gasteiger partial charge in [0.25, 0.3) is 5.91 Å². The van der Waals surface area contributed by atoms with E-state index in [-0.39, 0.29) is 17.4 Å². The van der Waals surface area contributed by atoms with Crippen molar-refractivity contribution in [1.29, 1.82) is 0 Å². The Kier molecular flexibility index (Phi) is 4.20. The molecule has 2 amide bonds. The van der Waals surface area contributed by atoms with Gasteiger partial charge in [0.2, 0.25) is 5.91 Å². The number of rotatable bonds is 4. The van der Waals surface area contributed by atoms with Crippen LogP contribution in [-0.2, 0) is 4.79 Å². The molecule has 0 spiro atoms. The molecule has 1 aromatic carbocycles. The van der Waals surface area contributed by atoms with E-state index in [2.05, 4.69) is 5.32 Å². The predicted octanol–water partition coefficient (Wildman–Crippen LogP) is 2.57. The van der Waals surface area contributed by atoms with Crippen LogP contribution in [0.25, 0.3) is 0 Å². The zero-order valence-corrected chi connectivity index (χ0v) is 11.3. The number of hydrogen-bond donors (Lipinski definition) is 2. The highest BCUT2D eigenvalue weighted by molar-refractivity contribution is 5.96. The zero-order chi connectivity index (χ0) is 15.6. The Morgan fingerprint density at radius 1 is 1.24 bits per heavy atom. The molecule has 0 bridgehead atoms. The Morgan fingerprint density at radius 2 is 1.81 bits per heavy atom. The number of anilines is 1. The molecule has 2 unspecified atom stereocenters.